The zero-order valence-corrected chi connectivity index (χ0v) is 10.7. The molecule has 1 saturated heterocycles. The van der Waals surface area contributed by atoms with Crippen LogP contribution in [0.4, 0.5) is 0 Å². The second-order valence-electron chi connectivity index (χ2n) is 4.49. The number of ether oxygens (including phenoxy) is 1. The van der Waals surface area contributed by atoms with Crippen molar-refractivity contribution >= 4 is 23.4 Å². The van der Waals surface area contributed by atoms with E-state index in [4.69, 9.17) is 16.3 Å². The highest BCUT2D eigenvalue weighted by atomic mass is 35.5. The lowest BCUT2D eigenvalue weighted by atomic mass is 9.87. The Labute approximate surface area is 101 Å². The van der Waals surface area contributed by atoms with Crippen LogP contribution >= 0.6 is 11.6 Å². The van der Waals surface area contributed by atoms with E-state index < -0.39 is 16.6 Å². The molecule has 0 unspecified atom stereocenters. The molecule has 2 bridgehead atoms. The van der Waals surface area contributed by atoms with Gasteiger partial charge in [-0.15, -0.1) is 0 Å². The van der Waals surface area contributed by atoms with Crippen LogP contribution in [-0.4, -0.2) is 40.4 Å². The van der Waals surface area contributed by atoms with Crippen molar-refractivity contribution in [1.82, 2.24) is 4.90 Å². The van der Waals surface area contributed by atoms with Gasteiger partial charge in [-0.2, -0.15) is 0 Å². The fourth-order valence-electron chi connectivity index (χ4n) is 2.31. The summed E-state index contributed by atoms with van der Waals surface area (Å²) in [5.41, 5.74) is -0.584. The molecule has 5 heteroatoms. The molecule has 0 aliphatic carbocycles. The van der Waals surface area contributed by atoms with Crippen molar-refractivity contribution in [2.75, 3.05) is 13.1 Å². The molecule has 3 heterocycles. The number of aliphatic imine (C=N–C) groups is 1. The van der Waals surface area contributed by atoms with Gasteiger partial charge >= 0.3 is 5.97 Å². The molecule has 1 fully saturated rings. The number of carbonyl (C=O) groups is 1. The van der Waals surface area contributed by atoms with Gasteiger partial charge in [0.1, 0.15) is 5.84 Å². The van der Waals surface area contributed by atoms with Gasteiger partial charge in [0.05, 0.1) is 0 Å². The minimum atomic E-state index is -1.17. The van der Waals surface area contributed by atoms with Crippen LogP contribution < -0.4 is 0 Å². The summed E-state index contributed by atoms with van der Waals surface area (Å²) in [5.74, 6) is 0.414. The van der Waals surface area contributed by atoms with E-state index in [1.807, 2.05) is 6.92 Å². The molecular formula is C11H17ClN2O2. The summed E-state index contributed by atoms with van der Waals surface area (Å²) in [4.78, 5) is 17.0. The van der Waals surface area contributed by atoms with Gasteiger partial charge in [0, 0.05) is 19.5 Å². The smallest absolute Gasteiger partial charge is 0.350 e. The van der Waals surface area contributed by atoms with Crippen LogP contribution in [0.25, 0.3) is 0 Å². The number of nitrogens with zero attached hydrogens (tertiary/aromatic N) is 2. The number of likely N-dealkylation sites (N-methyl/N-ethyl adjacent to an activating group) is 1. The maximum atomic E-state index is 11.6. The highest BCUT2D eigenvalue weighted by molar-refractivity contribution is 6.35. The lowest BCUT2D eigenvalue weighted by molar-refractivity contribution is -0.165. The third kappa shape index (κ3) is 1.51. The number of hydrogen-bond acceptors (Lipinski definition) is 4. The van der Waals surface area contributed by atoms with Gasteiger partial charge in [-0.3, -0.25) is 0 Å². The highest BCUT2D eigenvalue weighted by Gasteiger charge is 2.56. The van der Waals surface area contributed by atoms with Crippen LogP contribution in [0.15, 0.2) is 4.99 Å². The fraction of sp³-hybridized carbons (Fsp3) is 0.818. The second-order valence-corrected chi connectivity index (χ2v) is 5.11. The number of amidine groups is 1. The van der Waals surface area contributed by atoms with Crippen LogP contribution in [0, 0.1) is 0 Å². The van der Waals surface area contributed by atoms with Gasteiger partial charge in [-0.05, 0) is 27.2 Å². The molecule has 0 N–H and O–H groups in total. The Morgan fingerprint density at radius 3 is 2.56 bits per heavy atom. The molecule has 3 aliphatic rings. The van der Waals surface area contributed by atoms with Gasteiger partial charge in [-0.1, -0.05) is 11.6 Å². The number of halogens is 1. The van der Waals surface area contributed by atoms with Crippen molar-refractivity contribution in [2.45, 2.75) is 44.2 Å². The Morgan fingerprint density at radius 2 is 2.06 bits per heavy atom. The molecule has 3 aliphatic heterocycles. The maximum Gasteiger partial charge on any atom is 0.350 e. The maximum absolute atomic E-state index is 11.6. The Hall–Kier alpha value is -0.770. The summed E-state index contributed by atoms with van der Waals surface area (Å²) in [6, 6.07) is 0. The summed E-state index contributed by atoms with van der Waals surface area (Å²) >= 11 is 6.17. The van der Waals surface area contributed by atoms with E-state index in [2.05, 4.69) is 23.7 Å². The minimum absolute atomic E-state index is 0.404. The molecule has 90 valence electrons. The third-order valence-corrected chi connectivity index (χ3v) is 3.81. The summed E-state index contributed by atoms with van der Waals surface area (Å²) in [6.45, 7) is 7.71. The first-order chi connectivity index (χ1) is 7.45. The predicted molar refractivity (Wildman–Crippen MR) is 62.7 cm³/mol. The first-order valence-electron chi connectivity index (χ1n) is 5.73. The molecule has 2 atom stereocenters. The molecule has 0 aromatic heterocycles. The van der Waals surface area contributed by atoms with E-state index in [1.54, 1.807) is 0 Å². The van der Waals surface area contributed by atoms with Crippen molar-refractivity contribution in [3.05, 3.63) is 0 Å². The first-order valence-corrected chi connectivity index (χ1v) is 6.10. The second kappa shape index (κ2) is 3.62. The molecule has 0 radical (unpaired) electrons. The molecule has 4 nitrogen and oxygen atoms in total. The molecule has 0 saturated carbocycles. The Balaban J connectivity index is 2.42. The third-order valence-electron chi connectivity index (χ3n) is 3.38. The molecule has 0 amide bonds. The number of carbonyl (C=O) groups excluding carboxylic acids is 1. The van der Waals surface area contributed by atoms with Gasteiger partial charge in [0.2, 0.25) is 5.00 Å². The van der Waals surface area contributed by atoms with Crippen molar-refractivity contribution in [1.29, 1.82) is 0 Å². The van der Waals surface area contributed by atoms with Crippen LogP contribution in [0.3, 0.4) is 0 Å². The Kier molecular flexibility index (Phi) is 2.65. The fourth-order valence-corrected chi connectivity index (χ4v) is 2.53. The van der Waals surface area contributed by atoms with E-state index in [-0.39, 0.29) is 0 Å². The molecule has 0 spiro atoms. The normalized spacial score (nSPS) is 37.0. The van der Waals surface area contributed by atoms with Crippen LogP contribution in [0.5, 0.6) is 0 Å². The van der Waals surface area contributed by atoms with Crippen LogP contribution in [-0.2, 0) is 9.53 Å². The minimum Gasteiger partial charge on any atom is -0.448 e. The lowest BCUT2D eigenvalue weighted by Gasteiger charge is -2.47. The number of rotatable bonds is 2. The molecule has 16 heavy (non-hydrogen) atoms. The Morgan fingerprint density at radius 1 is 1.44 bits per heavy atom. The van der Waals surface area contributed by atoms with E-state index in [0.29, 0.717) is 6.42 Å². The summed E-state index contributed by atoms with van der Waals surface area (Å²) in [6.07, 6.45) is 1.31. The number of alkyl halides is 1. The summed E-state index contributed by atoms with van der Waals surface area (Å²) in [7, 11) is 0. The van der Waals surface area contributed by atoms with Gasteiger partial charge in [-0.25, -0.2) is 9.79 Å². The van der Waals surface area contributed by atoms with Crippen molar-refractivity contribution < 1.29 is 9.53 Å². The Bertz CT molecular complexity index is 354. The number of hydrogen-bond donors (Lipinski definition) is 0. The molecular weight excluding hydrogens is 228 g/mol. The van der Waals surface area contributed by atoms with Crippen LogP contribution in [0.2, 0.25) is 0 Å². The zero-order valence-electron chi connectivity index (χ0n) is 9.92. The zero-order chi connectivity index (χ0) is 12.0. The summed E-state index contributed by atoms with van der Waals surface area (Å²) < 4.78 is 5.43. The first kappa shape index (κ1) is 11.7. The van der Waals surface area contributed by atoms with Gasteiger partial charge in [0.25, 0.3) is 0 Å². The van der Waals surface area contributed by atoms with Crippen molar-refractivity contribution in [3.63, 3.8) is 0 Å². The highest BCUT2D eigenvalue weighted by Crippen LogP contribution is 2.43. The number of fused-ring (bicyclic) bond motifs is 2. The van der Waals surface area contributed by atoms with Crippen molar-refractivity contribution in [3.8, 4) is 0 Å². The van der Waals surface area contributed by atoms with E-state index in [1.165, 1.54) is 0 Å². The standard InChI is InChI=1S/C11H17ClN2O2/c1-4-14(5-2)8-10(3)6-7-11(12,13-8)9(15)16-10/h4-7H2,1-3H3/t10-,11-/m1/s1. The largest absolute Gasteiger partial charge is 0.448 e. The van der Waals surface area contributed by atoms with E-state index >= 15 is 0 Å². The topological polar surface area (TPSA) is 41.9 Å². The molecule has 3 rings (SSSR count). The monoisotopic (exact) mass is 244 g/mol. The lowest BCUT2D eigenvalue weighted by Crippen LogP contribution is -2.61. The van der Waals surface area contributed by atoms with Crippen molar-refractivity contribution in [2.24, 2.45) is 4.99 Å². The predicted octanol–water partition coefficient (Wildman–Crippen LogP) is 1.77. The van der Waals surface area contributed by atoms with Crippen LogP contribution in [0.1, 0.15) is 33.6 Å². The van der Waals surface area contributed by atoms with E-state index in [0.717, 1.165) is 25.3 Å². The van der Waals surface area contributed by atoms with Gasteiger partial charge < -0.3 is 9.64 Å². The SMILES string of the molecule is CCN(CC)C1=N[C@]2(Cl)CC[C@@]1(C)OC2=O. The van der Waals surface area contributed by atoms with Gasteiger partial charge in [0.15, 0.2) is 5.60 Å². The molecule has 0 aromatic carbocycles. The quantitative estimate of drug-likeness (QED) is 0.422. The average Bonchev–Trinajstić information content (AvgIpc) is 2.24. The molecule has 0 aromatic rings. The number of esters is 1. The average molecular weight is 245 g/mol. The summed E-state index contributed by atoms with van der Waals surface area (Å²) in [5, 5.41) is 0. The van der Waals surface area contributed by atoms with E-state index in [9.17, 15) is 4.79 Å².